The molecule has 0 spiro atoms. The standard InChI is InChI=1S/C16H18BrNO2/c1-10(2)14-9-13(17)4-5-15(14)20-16-8-12(11(3)19)6-7-18-16/h4-11,19H,1-3H3. The van der Waals surface area contributed by atoms with E-state index in [9.17, 15) is 5.11 Å². The quantitative estimate of drug-likeness (QED) is 0.871. The summed E-state index contributed by atoms with van der Waals surface area (Å²) in [6, 6.07) is 9.47. The lowest BCUT2D eigenvalue weighted by atomic mass is 10.0. The molecule has 0 saturated heterocycles. The number of aliphatic hydroxyl groups excluding tert-OH is 1. The molecule has 106 valence electrons. The van der Waals surface area contributed by atoms with Crippen LogP contribution in [0.25, 0.3) is 0 Å². The minimum absolute atomic E-state index is 0.349. The van der Waals surface area contributed by atoms with Gasteiger partial charge in [0.1, 0.15) is 5.75 Å². The summed E-state index contributed by atoms with van der Waals surface area (Å²) in [5, 5.41) is 9.60. The van der Waals surface area contributed by atoms with Crippen LogP contribution in [-0.2, 0) is 0 Å². The van der Waals surface area contributed by atoms with Crippen molar-refractivity contribution < 1.29 is 9.84 Å². The molecule has 0 fully saturated rings. The van der Waals surface area contributed by atoms with Crippen LogP contribution in [0.5, 0.6) is 11.6 Å². The van der Waals surface area contributed by atoms with Crippen molar-refractivity contribution >= 4 is 15.9 Å². The molecule has 0 aliphatic rings. The van der Waals surface area contributed by atoms with Gasteiger partial charge in [0.2, 0.25) is 5.88 Å². The van der Waals surface area contributed by atoms with E-state index >= 15 is 0 Å². The van der Waals surface area contributed by atoms with Crippen molar-refractivity contribution in [3.05, 3.63) is 52.1 Å². The maximum absolute atomic E-state index is 9.60. The van der Waals surface area contributed by atoms with Crippen molar-refractivity contribution in [1.29, 1.82) is 0 Å². The topological polar surface area (TPSA) is 42.4 Å². The van der Waals surface area contributed by atoms with Crippen molar-refractivity contribution in [1.82, 2.24) is 4.98 Å². The van der Waals surface area contributed by atoms with Crippen LogP contribution < -0.4 is 4.74 Å². The summed E-state index contributed by atoms with van der Waals surface area (Å²) < 4.78 is 6.90. The third kappa shape index (κ3) is 3.58. The molecule has 4 heteroatoms. The molecular formula is C16H18BrNO2. The Morgan fingerprint density at radius 1 is 1.15 bits per heavy atom. The number of aromatic nitrogens is 1. The molecule has 0 aliphatic heterocycles. The number of rotatable bonds is 4. The summed E-state index contributed by atoms with van der Waals surface area (Å²) in [6.45, 7) is 5.96. The summed E-state index contributed by atoms with van der Waals surface area (Å²) in [5.41, 5.74) is 1.90. The summed E-state index contributed by atoms with van der Waals surface area (Å²) in [4.78, 5) is 4.19. The predicted octanol–water partition coefficient (Wildman–Crippen LogP) is 4.81. The third-order valence-corrected chi connectivity index (χ3v) is 3.54. The van der Waals surface area contributed by atoms with Gasteiger partial charge in [0.05, 0.1) is 6.10 Å². The van der Waals surface area contributed by atoms with E-state index in [-0.39, 0.29) is 0 Å². The van der Waals surface area contributed by atoms with Gasteiger partial charge in [0.15, 0.2) is 0 Å². The largest absolute Gasteiger partial charge is 0.439 e. The Morgan fingerprint density at radius 3 is 2.55 bits per heavy atom. The highest BCUT2D eigenvalue weighted by Gasteiger charge is 2.11. The number of aliphatic hydroxyl groups is 1. The van der Waals surface area contributed by atoms with Crippen LogP contribution in [0.15, 0.2) is 41.0 Å². The van der Waals surface area contributed by atoms with E-state index < -0.39 is 6.10 Å². The van der Waals surface area contributed by atoms with E-state index in [4.69, 9.17) is 4.74 Å². The van der Waals surface area contributed by atoms with Gasteiger partial charge in [0.25, 0.3) is 0 Å². The molecule has 1 aromatic carbocycles. The van der Waals surface area contributed by atoms with Gasteiger partial charge in [-0.25, -0.2) is 4.98 Å². The van der Waals surface area contributed by atoms with Crippen LogP contribution in [-0.4, -0.2) is 10.1 Å². The highest BCUT2D eigenvalue weighted by atomic mass is 79.9. The third-order valence-electron chi connectivity index (χ3n) is 3.05. The molecule has 2 aromatic rings. The Balaban J connectivity index is 2.32. The van der Waals surface area contributed by atoms with Gasteiger partial charge in [-0.05, 0) is 48.2 Å². The molecule has 20 heavy (non-hydrogen) atoms. The fraction of sp³-hybridized carbons (Fsp3) is 0.312. The highest BCUT2D eigenvalue weighted by Crippen LogP contribution is 2.32. The molecule has 3 nitrogen and oxygen atoms in total. The van der Waals surface area contributed by atoms with Crippen molar-refractivity contribution in [2.45, 2.75) is 32.8 Å². The first-order valence-electron chi connectivity index (χ1n) is 6.58. The Kier molecular flexibility index (Phi) is 4.78. The first-order chi connectivity index (χ1) is 9.47. The molecule has 0 amide bonds. The van der Waals surface area contributed by atoms with Gasteiger partial charge < -0.3 is 9.84 Å². The Labute approximate surface area is 127 Å². The number of hydrogen-bond acceptors (Lipinski definition) is 3. The summed E-state index contributed by atoms with van der Waals surface area (Å²) in [5.74, 6) is 1.63. The summed E-state index contributed by atoms with van der Waals surface area (Å²) >= 11 is 3.48. The fourth-order valence-corrected chi connectivity index (χ4v) is 2.30. The first kappa shape index (κ1) is 15.0. The number of ether oxygens (including phenoxy) is 1. The number of pyridine rings is 1. The molecule has 2 rings (SSSR count). The molecule has 0 saturated carbocycles. The highest BCUT2D eigenvalue weighted by molar-refractivity contribution is 9.10. The molecule has 1 aromatic heterocycles. The zero-order valence-electron chi connectivity index (χ0n) is 11.8. The average molecular weight is 336 g/mol. The van der Waals surface area contributed by atoms with Crippen LogP contribution in [0.3, 0.4) is 0 Å². The second kappa shape index (κ2) is 6.37. The molecular weight excluding hydrogens is 318 g/mol. The van der Waals surface area contributed by atoms with Crippen LogP contribution >= 0.6 is 15.9 Å². The smallest absolute Gasteiger partial charge is 0.219 e. The number of nitrogens with zero attached hydrogens (tertiary/aromatic N) is 1. The average Bonchev–Trinajstić information content (AvgIpc) is 2.41. The van der Waals surface area contributed by atoms with E-state index in [2.05, 4.69) is 40.8 Å². The molecule has 0 aliphatic carbocycles. The fourth-order valence-electron chi connectivity index (χ4n) is 1.92. The minimum atomic E-state index is -0.533. The zero-order chi connectivity index (χ0) is 14.7. The van der Waals surface area contributed by atoms with Gasteiger partial charge >= 0.3 is 0 Å². The second-order valence-corrected chi connectivity index (χ2v) is 5.96. The predicted molar refractivity (Wildman–Crippen MR) is 83.2 cm³/mol. The maximum Gasteiger partial charge on any atom is 0.219 e. The summed E-state index contributed by atoms with van der Waals surface area (Å²) in [6.07, 6.45) is 1.11. The van der Waals surface area contributed by atoms with Crippen molar-refractivity contribution in [2.24, 2.45) is 0 Å². The minimum Gasteiger partial charge on any atom is -0.439 e. The number of benzene rings is 1. The van der Waals surface area contributed by atoms with E-state index in [0.29, 0.717) is 11.8 Å². The van der Waals surface area contributed by atoms with Gasteiger partial charge in [-0.1, -0.05) is 29.8 Å². The van der Waals surface area contributed by atoms with E-state index in [0.717, 1.165) is 21.3 Å². The van der Waals surface area contributed by atoms with Crippen LogP contribution in [0.1, 0.15) is 43.9 Å². The van der Waals surface area contributed by atoms with Crippen LogP contribution in [0.4, 0.5) is 0 Å². The van der Waals surface area contributed by atoms with Crippen LogP contribution in [0.2, 0.25) is 0 Å². The van der Waals surface area contributed by atoms with Crippen LogP contribution in [0, 0.1) is 0 Å². The van der Waals surface area contributed by atoms with E-state index in [1.54, 1.807) is 25.3 Å². The molecule has 1 heterocycles. The molecule has 0 bridgehead atoms. The number of halogens is 1. The zero-order valence-corrected chi connectivity index (χ0v) is 13.4. The second-order valence-electron chi connectivity index (χ2n) is 5.04. The molecule has 1 atom stereocenters. The van der Waals surface area contributed by atoms with E-state index in [1.807, 2.05) is 12.1 Å². The molecule has 1 N–H and O–H groups in total. The SMILES string of the molecule is CC(C)c1cc(Br)ccc1Oc1cc(C(C)O)ccn1. The first-order valence-corrected chi connectivity index (χ1v) is 7.38. The lowest BCUT2D eigenvalue weighted by molar-refractivity contribution is 0.198. The van der Waals surface area contributed by atoms with Gasteiger partial charge in [-0.3, -0.25) is 0 Å². The lowest BCUT2D eigenvalue weighted by Crippen LogP contribution is -1.97. The van der Waals surface area contributed by atoms with E-state index in [1.165, 1.54) is 0 Å². The lowest BCUT2D eigenvalue weighted by Gasteiger charge is -2.14. The Morgan fingerprint density at radius 2 is 1.90 bits per heavy atom. The van der Waals surface area contributed by atoms with Crippen molar-refractivity contribution in [3.8, 4) is 11.6 Å². The monoisotopic (exact) mass is 335 g/mol. The molecule has 0 radical (unpaired) electrons. The molecule has 1 unspecified atom stereocenters. The van der Waals surface area contributed by atoms with Gasteiger partial charge in [0, 0.05) is 16.7 Å². The maximum atomic E-state index is 9.60. The van der Waals surface area contributed by atoms with Crippen molar-refractivity contribution in [3.63, 3.8) is 0 Å². The van der Waals surface area contributed by atoms with Crippen molar-refractivity contribution in [2.75, 3.05) is 0 Å². The normalized spacial score (nSPS) is 12.5. The Bertz CT molecular complexity index is 597. The van der Waals surface area contributed by atoms with Gasteiger partial charge in [-0.2, -0.15) is 0 Å². The Hall–Kier alpha value is -1.39. The summed E-state index contributed by atoms with van der Waals surface area (Å²) in [7, 11) is 0. The van der Waals surface area contributed by atoms with Gasteiger partial charge in [-0.15, -0.1) is 0 Å². The number of hydrogen-bond donors (Lipinski definition) is 1.